The average molecular weight is 522 g/mol. The van der Waals surface area contributed by atoms with Crippen molar-refractivity contribution in [2.45, 2.75) is 51.9 Å². The van der Waals surface area contributed by atoms with Gasteiger partial charge in [0.25, 0.3) is 5.56 Å². The Bertz CT molecular complexity index is 1330. The Labute approximate surface area is 211 Å². The van der Waals surface area contributed by atoms with Gasteiger partial charge in [-0.25, -0.2) is 17.9 Å². The van der Waals surface area contributed by atoms with Crippen molar-refractivity contribution in [1.82, 2.24) is 23.9 Å². The molecule has 1 aromatic carbocycles. The van der Waals surface area contributed by atoms with Crippen molar-refractivity contribution in [3.8, 4) is 17.1 Å². The second kappa shape index (κ2) is 12.4. The second-order valence-corrected chi connectivity index (χ2v) is 10.1. The van der Waals surface area contributed by atoms with Crippen molar-refractivity contribution in [3.63, 3.8) is 0 Å². The normalized spacial score (nSPS) is 12.1. The van der Waals surface area contributed by atoms with E-state index in [1.807, 2.05) is 20.8 Å². The average Bonchev–Trinajstić information content (AvgIpc) is 3.17. The number of sulfonamides is 1. The van der Waals surface area contributed by atoms with Crippen LogP contribution in [0.25, 0.3) is 16.9 Å². The lowest BCUT2D eigenvalue weighted by Gasteiger charge is -2.22. The van der Waals surface area contributed by atoms with Gasteiger partial charge in [0.05, 0.1) is 29.4 Å². The van der Waals surface area contributed by atoms with Gasteiger partial charge in [0.15, 0.2) is 11.3 Å². The molecule has 2 aromatic heterocycles. The molecule has 36 heavy (non-hydrogen) atoms. The Morgan fingerprint density at radius 1 is 1.17 bits per heavy atom. The van der Waals surface area contributed by atoms with Crippen LogP contribution in [0.3, 0.4) is 0 Å². The van der Waals surface area contributed by atoms with Crippen LogP contribution in [-0.2, 0) is 21.2 Å². The van der Waals surface area contributed by atoms with Gasteiger partial charge in [-0.15, -0.1) is 5.10 Å². The monoisotopic (exact) mass is 521 g/mol. The van der Waals surface area contributed by atoms with E-state index in [0.717, 1.165) is 6.42 Å². The molecule has 0 fully saturated rings. The number of benzene rings is 1. The maximum Gasteiger partial charge on any atom is 0.277 e. The standard InChI is InChI=1S/C24H35N5O6S/c1-5-9-21-25-17(4)22-24(31)26-23(27-29(21)22)19-16-18(10-11-20(19)35-7-3)36(32,33)28(13-14-30)12-8-15-34-6-2/h10-11,16,30H,5-9,12-15H2,1-4H3,(H,26,27,31). The number of nitrogens with one attached hydrogen (secondary N) is 1. The quantitative estimate of drug-likeness (QED) is 0.308. The number of nitrogens with zero attached hydrogens (tertiary/aromatic N) is 4. The first-order valence-electron chi connectivity index (χ1n) is 12.2. The summed E-state index contributed by atoms with van der Waals surface area (Å²) in [5, 5.41) is 14.1. The van der Waals surface area contributed by atoms with Crippen molar-refractivity contribution >= 4 is 15.5 Å². The molecule has 0 atom stereocenters. The number of aryl methyl sites for hydroxylation is 2. The Morgan fingerprint density at radius 2 is 1.94 bits per heavy atom. The third-order valence-corrected chi connectivity index (χ3v) is 7.50. The van der Waals surface area contributed by atoms with Gasteiger partial charge in [0, 0.05) is 32.7 Å². The number of ether oxygens (including phenoxy) is 2. The number of aliphatic hydroxyl groups is 1. The van der Waals surface area contributed by atoms with Gasteiger partial charge in [-0.05, 0) is 51.8 Å². The van der Waals surface area contributed by atoms with Gasteiger partial charge in [-0.1, -0.05) is 6.92 Å². The molecule has 0 saturated carbocycles. The van der Waals surface area contributed by atoms with Crippen molar-refractivity contribution in [2.75, 3.05) is 39.5 Å². The second-order valence-electron chi connectivity index (χ2n) is 8.20. The van der Waals surface area contributed by atoms with Crippen LogP contribution in [-0.4, -0.2) is 76.9 Å². The van der Waals surface area contributed by atoms with Crippen molar-refractivity contribution in [2.24, 2.45) is 0 Å². The van der Waals surface area contributed by atoms with E-state index in [-0.39, 0.29) is 36.0 Å². The largest absolute Gasteiger partial charge is 0.493 e. The van der Waals surface area contributed by atoms with Crippen LogP contribution in [0.5, 0.6) is 5.75 Å². The van der Waals surface area contributed by atoms with Gasteiger partial charge < -0.3 is 19.6 Å². The molecular formula is C24H35N5O6S. The number of imidazole rings is 1. The maximum absolute atomic E-state index is 13.5. The van der Waals surface area contributed by atoms with E-state index >= 15 is 0 Å². The summed E-state index contributed by atoms with van der Waals surface area (Å²) in [5.74, 6) is 1.22. The number of aromatic nitrogens is 4. The number of hydrogen-bond donors (Lipinski definition) is 2. The van der Waals surface area contributed by atoms with Gasteiger partial charge in [0.2, 0.25) is 10.0 Å². The first kappa shape index (κ1) is 27.8. The zero-order valence-corrected chi connectivity index (χ0v) is 22.1. The van der Waals surface area contributed by atoms with Crippen molar-refractivity contribution in [3.05, 3.63) is 40.1 Å². The van der Waals surface area contributed by atoms with Gasteiger partial charge in [-0.2, -0.15) is 4.31 Å². The van der Waals surface area contributed by atoms with Crippen LogP contribution >= 0.6 is 0 Å². The molecule has 2 heterocycles. The van der Waals surface area contributed by atoms with Crippen LogP contribution in [0.1, 0.15) is 45.1 Å². The number of fused-ring (bicyclic) bond motifs is 1. The Kier molecular flexibility index (Phi) is 9.60. The number of aromatic amines is 1. The van der Waals surface area contributed by atoms with E-state index in [0.29, 0.717) is 61.0 Å². The lowest BCUT2D eigenvalue weighted by atomic mass is 10.2. The van der Waals surface area contributed by atoms with Crippen LogP contribution < -0.4 is 10.3 Å². The third kappa shape index (κ3) is 5.94. The molecule has 0 spiro atoms. The van der Waals surface area contributed by atoms with Crippen molar-refractivity contribution < 1.29 is 23.0 Å². The molecule has 0 aliphatic carbocycles. The minimum atomic E-state index is -3.95. The van der Waals surface area contributed by atoms with Gasteiger partial charge >= 0.3 is 0 Å². The summed E-state index contributed by atoms with van der Waals surface area (Å²) in [6, 6.07) is 4.46. The molecule has 12 heteroatoms. The highest BCUT2D eigenvalue weighted by molar-refractivity contribution is 7.89. The first-order valence-corrected chi connectivity index (χ1v) is 13.7. The summed E-state index contributed by atoms with van der Waals surface area (Å²) in [5.41, 5.74) is 0.893. The summed E-state index contributed by atoms with van der Waals surface area (Å²) >= 11 is 0. The molecular weight excluding hydrogens is 486 g/mol. The molecule has 11 nitrogen and oxygen atoms in total. The fraction of sp³-hybridized carbons (Fsp3) is 0.542. The summed E-state index contributed by atoms with van der Waals surface area (Å²) in [6.07, 6.45) is 1.95. The van der Waals surface area contributed by atoms with Crippen LogP contribution in [0.15, 0.2) is 27.9 Å². The molecule has 0 radical (unpaired) electrons. The highest BCUT2D eigenvalue weighted by Crippen LogP contribution is 2.31. The van der Waals surface area contributed by atoms with E-state index < -0.39 is 10.0 Å². The topological polar surface area (TPSA) is 139 Å². The highest BCUT2D eigenvalue weighted by atomic mass is 32.2. The van der Waals surface area contributed by atoms with E-state index in [9.17, 15) is 18.3 Å². The number of rotatable bonds is 14. The highest BCUT2D eigenvalue weighted by Gasteiger charge is 2.26. The lowest BCUT2D eigenvalue weighted by molar-refractivity contribution is 0.138. The fourth-order valence-corrected chi connectivity index (χ4v) is 5.48. The molecule has 2 N–H and O–H groups in total. The first-order chi connectivity index (χ1) is 17.3. The Balaban J connectivity index is 2.12. The molecule has 0 amide bonds. The minimum Gasteiger partial charge on any atom is -0.493 e. The predicted octanol–water partition coefficient (Wildman–Crippen LogP) is 2.15. The molecule has 0 unspecified atom stereocenters. The Hall–Kier alpha value is -2.80. The predicted molar refractivity (Wildman–Crippen MR) is 136 cm³/mol. The summed E-state index contributed by atoms with van der Waals surface area (Å²) < 4.78 is 40.8. The fourth-order valence-electron chi connectivity index (χ4n) is 3.98. The van der Waals surface area contributed by atoms with E-state index in [2.05, 4.69) is 15.1 Å². The smallest absolute Gasteiger partial charge is 0.277 e. The van der Waals surface area contributed by atoms with E-state index in [4.69, 9.17) is 9.47 Å². The zero-order chi connectivity index (χ0) is 26.3. The molecule has 3 rings (SSSR count). The Morgan fingerprint density at radius 3 is 2.61 bits per heavy atom. The zero-order valence-electron chi connectivity index (χ0n) is 21.3. The molecule has 198 valence electrons. The van der Waals surface area contributed by atoms with Gasteiger partial charge in [0.1, 0.15) is 11.6 Å². The van der Waals surface area contributed by atoms with Gasteiger partial charge in [-0.3, -0.25) is 4.79 Å². The SMILES string of the molecule is CCCc1nc(C)c2c(=O)[nH]c(-c3cc(S(=O)(=O)N(CCO)CCCOCC)ccc3OCC)nn12. The number of aliphatic hydroxyl groups excluding tert-OH is 1. The number of H-pyrrole nitrogens is 1. The lowest BCUT2D eigenvalue weighted by Crippen LogP contribution is -2.35. The number of hydrogen-bond acceptors (Lipinski definition) is 8. The minimum absolute atomic E-state index is 0.00384. The summed E-state index contributed by atoms with van der Waals surface area (Å²) in [7, 11) is -3.95. The third-order valence-electron chi connectivity index (χ3n) is 5.61. The molecule has 0 aliphatic heterocycles. The van der Waals surface area contributed by atoms with Crippen LogP contribution in [0, 0.1) is 6.92 Å². The van der Waals surface area contributed by atoms with E-state index in [1.165, 1.54) is 21.0 Å². The van der Waals surface area contributed by atoms with Crippen LogP contribution in [0.2, 0.25) is 0 Å². The summed E-state index contributed by atoms with van der Waals surface area (Å²) in [6.45, 7) is 8.58. The molecule has 3 aromatic rings. The molecule has 0 aliphatic rings. The summed E-state index contributed by atoms with van der Waals surface area (Å²) in [4.78, 5) is 20.2. The molecule has 0 saturated heterocycles. The van der Waals surface area contributed by atoms with Crippen LogP contribution in [0.4, 0.5) is 0 Å². The maximum atomic E-state index is 13.5. The molecule has 0 bridgehead atoms. The van der Waals surface area contributed by atoms with E-state index in [1.54, 1.807) is 13.0 Å². The van der Waals surface area contributed by atoms with Crippen molar-refractivity contribution in [1.29, 1.82) is 0 Å².